The molecule has 1 aromatic heterocycles. The molecule has 0 saturated carbocycles. The summed E-state index contributed by atoms with van der Waals surface area (Å²) in [7, 11) is 0. The Morgan fingerprint density at radius 1 is 1.08 bits per heavy atom. The van der Waals surface area contributed by atoms with E-state index in [0.717, 1.165) is 0 Å². The molecule has 24 heavy (non-hydrogen) atoms. The molecule has 0 atom stereocenters. The van der Waals surface area contributed by atoms with Crippen molar-refractivity contribution >= 4 is 29.1 Å². The van der Waals surface area contributed by atoms with Crippen LogP contribution in [0.3, 0.4) is 0 Å². The number of aromatic nitrogens is 2. The molecular weight excluding hydrogens is 356 g/mol. The first-order valence-corrected chi connectivity index (χ1v) is 7.60. The van der Waals surface area contributed by atoms with Gasteiger partial charge in [0.2, 0.25) is 11.8 Å². The van der Waals surface area contributed by atoms with E-state index in [4.69, 9.17) is 27.6 Å². The van der Waals surface area contributed by atoms with Crippen LogP contribution >= 0.6 is 23.2 Å². The fraction of sp³-hybridized carbons (Fsp3) is 0.0625. The first-order chi connectivity index (χ1) is 11.5. The monoisotopic (exact) mass is 365 g/mol. The Morgan fingerprint density at radius 2 is 1.83 bits per heavy atom. The van der Waals surface area contributed by atoms with Crippen LogP contribution in [0.1, 0.15) is 16.2 Å². The molecule has 5 nitrogen and oxygen atoms in total. The number of nitrogens with zero attached hydrogens (tertiary/aromatic N) is 2. The number of carbonyl (C=O) groups excluding carboxylic acids is 1. The lowest BCUT2D eigenvalue weighted by Crippen LogP contribution is -2.22. The number of rotatable bonds is 4. The van der Waals surface area contributed by atoms with Crippen LogP contribution in [-0.4, -0.2) is 16.1 Å². The Balaban J connectivity index is 1.65. The SMILES string of the molecule is O=C(NCc1nnc(-c2ccc(F)cc2)o1)c1ccc(Cl)c(Cl)c1. The average Bonchev–Trinajstić information content (AvgIpc) is 3.05. The molecule has 1 N–H and O–H groups in total. The van der Waals surface area contributed by atoms with Gasteiger partial charge in [0.1, 0.15) is 5.82 Å². The molecule has 1 heterocycles. The largest absolute Gasteiger partial charge is 0.419 e. The molecule has 0 fully saturated rings. The average molecular weight is 366 g/mol. The highest BCUT2D eigenvalue weighted by Gasteiger charge is 2.12. The lowest BCUT2D eigenvalue weighted by molar-refractivity contribution is 0.0947. The van der Waals surface area contributed by atoms with Gasteiger partial charge in [-0.25, -0.2) is 4.39 Å². The molecule has 0 radical (unpaired) electrons. The minimum Gasteiger partial charge on any atom is -0.419 e. The van der Waals surface area contributed by atoms with Crippen molar-refractivity contribution in [2.24, 2.45) is 0 Å². The maximum absolute atomic E-state index is 12.9. The maximum Gasteiger partial charge on any atom is 0.251 e. The van der Waals surface area contributed by atoms with Gasteiger partial charge in [0, 0.05) is 11.1 Å². The lowest BCUT2D eigenvalue weighted by Gasteiger charge is -2.03. The van der Waals surface area contributed by atoms with Crippen LogP contribution in [-0.2, 0) is 6.54 Å². The Labute approximate surface area is 146 Å². The summed E-state index contributed by atoms with van der Waals surface area (Å²) in [5.41, 5.74) is 0.952. The summed E-state index contributed by atoms with van der Waals surface area (Å²) in [6.07, 6.45) is 0. The smallest absolute Gasteiger partial charge is 0.251 e. The summed E-state index contributed by atoms with van der Waals surface area (Å²) < 4.78 is 18.3. The first kappa shape index (κ1) is 16.4. The van der Waals surface area contributed by atoms with Crippen LogP contribution in [0, 0.1) is 5.82 Å². The molecule has 0 unspecified atom stereocenters. The van der Waals surface area contributed by atoms with Crippen LogP contribution in [0.5, 0.6) is 0 Å². The lowest BCUT2D eigenvalue weighted by atomic mass is 10.2. The number of amides is 1. The van der Waals surface area contributed by atoms with Crippen LogP contribution < -0.4 is 5.32 Å². The van der Waals surface area contributed by atoms with Crippen LogP contribution in [0.25, 0.3) is 11.5 Å². The predicted octanol–water partition coefficient (Wildman–Crippen LogP) is 4.11. The van der Waals surface area contributed by atoms with E-state index in [9.17, 15) is 9.18 Å². The fourth-order valence-electron chi connectivity index (χ4n) is 1.93. The van der Waals surface area contributed by atoms with E-state index >= 15 is 0 Å². The minimum absolute atomic E-state index is 0.0489. The third-order valence-corrected chi connectivity index (χ3v) is 3.88. The molecule has 0 aliphatic heterocycles. The van der Waals surface area contributed by atoms with Crippen LogP contribution in [0.2, 0.25) is 10.0 Å². The molecule has 1 amide bonds. The summed E-state index contributed by atoms with van der Waals surface area (Å²) in [4.78, 5) is 12.1. The van der Waals surface area contributed by atoms with Crippen molar-refractivity contribution in [3.63, 3.8) is 0 Å². The fourth-order valence-corrected chi connectivity index (χ4v) is 2.23. The third kappa shape index (κ3) is 3.72. The van der Waals surface area contributed by atoms with E-state index in [1.807, 2.05) is 0 Å². The number of nitrogens with one attached hydrogen (secondary N) is 1. The van der Waals surface area contributed by atoms with Gasteiger partial charge < -0.3 is 9.73 Å². The molecule has 3 aromatic rings. The molecule has 0 aliphatic carbocycles. The Kier molecular flexibility index (Phi) is 4.78. The van der Waals surface area contributed by atoms with Gasteiger partial charge in [-0.15, -0.1) is 10.2 Å². The van der Waals surface area contributed by atoms with Crippen LogP contribution in [0.15, 0.2) is 46.9 Å². The van der Waals surface area contributed by atoms with Gasteiger partial charge in [-0.3, -0.25) is 4.79 Å². The summed E-state index contributed by atoms with van der Waals surface area (Å²) in [5.74, 6) is -0.237. The molecule has 0 bridgehead atoms. The first-order valence-electron chi connectivity index (χ1n) is 6.84. The number of benzene rings is 2. The molecular formula is C16H10Cl2FN3O2. The highest BCUT2D eigenvalue weighted by Crippen LogP contribution is 2.22. The maximum atomic E-state index is 12.9. The molecule has 0 saturated heterocycles. The zero-order valence-electron chi connectivity index (χ0n) is 12.1. The van der Waals surface area contributed by atoms with Gasteiger partial charge in [-0.1, -0.05) is 23.2 Å². The summed E-state index contributed by atoms with van der Waals surface area (Å²) in [6.45, 7) is 0.0489. The second-order valence-electron chi connectivity index (χ2n) is 4.82. The zero-order valence-corrected chi connectivity index (χ0v) is 13.6. The Hall–Kier alpha value is -2.44. The van der Waals surface area contributed by atoms with Crippen molar-refractivity contribution in [3.05, 3.63) is 69.8 Å². The number of halogens is 3. The van der Waals surface area contributed by atoms with Crippen molar-refractivity contribution in [1.29, 1.82) is 0 Å². The van der Waals surface area contributed by atoms with E-state index in [1.165, 1.54) is 36.4 Å². The summed E-state index contributed by atoms with van der Waals surface area (Å²) >= 11 is 11.7. The van der Waals surface area contributed by atoms with E-state index in [-0.39, 0.29) is 30.1 Å². The van der Waals surface area contributed by atoms with Crippen molar-refractivity contribution in [2.45, 2.75) is 6.54 Å². The topological polar surface area (TPSA) is 68.0 Å². The van der Waals surface area contributed by atoms with Crippen molar-refractivity contribution < 1.29 is 13.6 Å². The van der Waals surface area contributed by atoms with Gasteiger partial charge >= 0.3 is 0 Å². The van der Waals surface area contributed by atoms with Crippen molar-refractivity contribution in [3.8, 4) is 11.5 Å². The van der Waals surface area contributed by atoms with Gasteiger partial charge in [-0.05, 0) is 42.5 Å². The van der Waals surface area contributed by atoms with Gasteiger partial charge in [0.05, 0.1) is 16.6 Å². The Morgan fingerprint density at radius 3 is 2.54 bits per heavy atom. The second kappa shape index (κ2) is 6.98. The van der Waals surface area contributed by atoms with Gasteiger partial charge in [-0.2, -0.15) is 0 Å². The second-order valence-corrected chi connectivity index (χ2v) is 5.63. The van der Waals surface area contributed by atoms with E-state index in [1.54, 1.807) is 6.07 Å². The molecule has 8 heteroatoms. The Bertz CT molecular complexity index is 881. The molecule has 0 aliphatic rings. The summed E-state index contributed by atoms with van der Waals surface area (Å²) in [5, 5.41) is 11.0. The van der Waals surface area contributed by atoms with Crippen molar-refractivity contribution in [2.75, 3.05) is 0 Å². The standard InChI is InChI=1S/C16H10Cl2FN3O2/c17-12-6-3-10(7-13(12)18)15(23)20-8-14-21-22-16(24-14)9-1-4-11(19)5-2-9/h1-7H,8H2,(H,20,23). The summed E-state index contributed by atoms with van der Waals surface area (Å²) in [6, 6.07) is 10.2. The van der Waals surface area contributed by atoms with E-state index in [0.29, 0.717) is 21.2 Å². The molecule has 2 aromatic carbocycles. The zero-order chi connectivity index (χ0) is 17.1. The molecule has 0 spiro atoms. The molecule has 3 rings (SSSR count). The minimum atomic E-state index is -0.354. The number of hydrogen-bond acceptors (Lipinski definition) is 4. The number of hydrogen-bond donors (Lipinski definition) is 1. The van der Waals surface area contributed by atoms with E-state index < -0.39 is 0 Å². The van der Waals surface area contributed by atoms with Crippen LogP contribution in [0.4, 0.5) is 4.39 Å². The third-order valence-electron chi connectivity index (χ3n) is 3.14. The van der Waals surface area contributed by atoms with Gasteiger partial charge in [0.25, 0.3) is 5.91 Å². The molecule has 122 valence electrons. The number of carbonyl (C=O) groups is 1. The van der Waals surface area contributed by atoms with Gasteiger partial charge in [0.15, 0.2) is 0 Å². The highest BCUT2D eigenvalue weighted by atomic mass is 35.5. The van der Waals surface area contributed by atoms with Crippen molar-refractivity contribution in [1.82, 2.24) is 15.5 Å². The van der Waals surface area contributed by atoms with E-state index in [2.05, 4.69) is 15.5 Å². The normalized spacial score (nSPS) is 10.6. The predicted molar refractivity (Wildman–Crippen MR) is 87.3 cm³/mol. The quantitative estimate of drug-likeness (QED) is 0.755. The highest BCUT2D eigenvalue weighted by molar-refractivity contribution is 6.42.